The maximum absolute atomic E-state index is 13.0. The number of rotatable bonds is 6. The molecule has 2 aromatic rings. The molecule has 0 radical (unpaired) electrons. The highest BCUT2D eigenvalue weighted by Gasteiger charge is 2.26. The van der Waals surface area contributed by atoms with Crippen molar-refractivity contribution < 1.29 is 18.7 Å². The van der Waals surface area contributed by atoms with Crippen molar-refractivity contribution in [2.45, 2.75) is 26.3 Å². The Bertz CT molecular complexity index is 865. The van der Waals surface area contributed by atoms with E-state index in [-0.39, 0.29) is 17.7 Å². The Labute approximate surface area is 175 Å². The van der Waals surface area contributed by atoms with E-state index in [1.54, 1.807) is 18.3 Å². The number of nitrogens with zero attached hydrogens (tertiary/aromatic N) is 3. The van der Waals surface area contributed by atoms with Gasteiger partial charge in [-0.3, -0.25) is 4.79 Å². The number of hydrogen-bond acceptors (Lipinski definition) is 5. The van der Waals surface area contributed by atoms with Crippen molar-refractivity contribution in [2.24, 2.45) is 10.9 Å². The molecule has 160 valence electrons. The molecule has 1 aromatic carbocycles. The molecule has 3 rings (SSSR count). The zero-order valence-corrected chi connectivity index (χ0v) is 17.3. The van der Waals surface area contributed by atoms with E-state index in [9.17, 15) is 9.18 Å². The SMILES string of the molecule is CCNC(=NCc1ccnc(Oc2ccc(F)cc2)c1)N1CCC(C(=O)OC)CC1. The summed E-state index contributed by atoms with van der Waals surface area (Å²) in [6.45, 7) is 4.74. The number of ether oxygens (including phenoxy) is 2. The first-order valence-corrected chi connectivity index (χ1v) is 10.1. The van der Waals surface area contributed by atoms with E-state index in [0.29, 0.717) is 18.2 Å². The number of piperidine rings is 1. The molecule has 0 bridgehead atoms. The Morgan fingerprint density at radius 3 is 2.67 bits per heavy atom. The summed E-state index contributed by atoms with van der Waals surface area (Å²) in [7, 11) is 1.43. The molecule has 2 heterocycles. The van der Waals surface area contributed by atoms with Crippen LogP contribution in [0.1, 0.15) is 25.3 Å². The van der Waals surface area contributed by atoms with Crippen LogP contribution in [-0.2, 0) is 16.1 Å². The summed E-state index contributed by atoms with van der Waals surface area (Å²) in [6, 6.07) is 9.51. The number of benzene rings is 1. The van der Waals surface area contributed by atoms with Crippen LogP contribution < -0.4 is 10.1 Å². The van der Waals surface area contributed by atoms with Gasteiger partial charge in [-0.15, -0.1) is 0 Å². The number of methoxy groups -OCH3 is 1. The summed E-state index contributed by atoms with van der Waals surface area (Å²) in [5.74, 6) is 1.27. The van der Waals surface area contributed by atoms with Crippen LogP contribution in [0.5, 0.6) is 11.6 Å². The fourth-order valence-electron chi connectivity index (χ4n) is 3.31. The molecular formula is C22H27FN4O3. The van der Waals surface area contributed by atoms with Gasteiger partial charge in [0, 0.05) is 31.9 Å². The molecule has 7 nitrogen and oxygen atoms in total. The molecule has 1 aliphatic rings. The maximum Gasteiger partial charge on any atom is 0.308 e. The molecule has 1 N–H and O–H groups in total. The van der Waals surface area contributed by atoms with Crippen LogP contribution in [0.3, 0.4) is 0 Å². The van der Waals surface area contributed by atoms with E-state index < -0.39 is 0 Å². The van der Waals surface area contributed by atoms with Crippen molar-refractivity contribution in [2.75, 3.05) is 26.7 Å². The number of hydrogen-bond donors (Lipinski definition) is 1. The van der Waals surface area contributed by atoms with Crippen LogP contribution >= 0.6 is 0 Å². The first-order chi connectivity index (χ1) is 14.6. The van der Waals surface area contributed by atoms with Crippen molar-refractivity contribution in [3.8, 4) is 11.6 Å². The summed E-state index contributed by atoms with van der Waals surface area (Å²) < 4.78 is 23.6. The van der Waals surface area contributed by atoms with Gasteiger partial charge in [-0.2, -0.15) is 0 Å². The van der Waals surface area contributed by atoms with Gasteiger partial charge in [0.2, 0.25) is 5.88 Å². The van der Waals surface area contributed by atoms with Gasteiger partial charge in [-0.25, -0.2) is 14.4 Å². The molecule has 0 aliphatic carbocycles. The number of pyridine rings is 1. The number of esters is 1. The number of likely N-dealkylation sites (tertiary alicyclic amines) is 1. The zero-order valence-electron chi connectivity index (χ0n) is 17.3. The summed E-state index contributed by atoms with van der Waals surface area (Å²) >= 11 is 0. The second-order valence-electron chi connectivity index (χ2n) is 7.01. The third kappa shape index (κ3) is 5.92. The quantitative estimate of drug-likeness (QED) is 0.444. The minimum absolute atomic E-state index is 0.0412. The summed E-state index contributed by atoms with van der Waals surface area (Å²) in [5.41, 5.74) is 0.946. The fourth-order valence-corrected chi connectivity index (χ4v) is 3.31. The first kappa shape index (κ1) is 21.5. The van der Waals surface area contributed by atoms with Gasteiger partial charge in [0.1, 0.15) is 11.6 Å². The Hall–Kier alpha value is -3.16. The molecular weight excluding hydrogens is 387 g/mol. The Balaban J connectivity index is 1.63. The van der Waals surface area contributed by atoms with Gasteiger partial charge >= 0.3 is 5.97 Å². The standard InChI is InChI=1S/C22H27FN4O3/c1-3-24-22(27-12-9-17(10-13-27)21(28)29-2)26-15-16-8-11-25-20(14-16)30-19-6-4-18(23)5-7-19/h4-8,11,14,17H,3,9-10,12-13,15H2,1-2H3,(H,24,26). The molecule has 1 fully saturated rings. The third-order valence-electron chi connectivity index (χ3n) is 4.91. The highest BCUT2D eigenvalue weighted by molar-refractivity contribution is 5.80. The predicted octanol–water partition coefficient (Wildman–Crippen LogP) is 3.36. The molecule has 8 heteroatoms. The number of carbonyl (C=O) groups excluding carboxylic acids is 1. The average molecular weight is 414 g/mol. The van der Waals surface area contributed by atoms with Crippen molar-refractivity contribution in [1.82, 2.24) is 15.2 Å². The van der Waals surface area contributed by atoms with E-state index in [2.05, 4.69) is 15.2 Å². The van der Waals surface area contributed by atoms with Crippen molar-refractivity contribution in [3.63, 3.8) is 0 Å². The fraction of sp³-hybridized carbons (Fsp3) is 0.409. The monoisotopic (exact) mass is 414 g/mol. The predicted molar refractivity (Wildman–Crippen MR) is 112 cm³/mol. The largest absolute Gasteiger partial charge is 0.469 e. The number of nitrogens with one attached hydrogen (secondary N) is 1. The first-order valence-electron chi connectivity index (χ1n) is 10.1. The average Bonchev–Trinajstić information content (AvgIpc) is 2.78. The van der Waals surface area contributed by atoms with Crippen molar-refractivity contribution >= 4 is 11.9 Å². The Morgan fingerprint density at radius 1 is 1.27 bits per heavy atom. The lowest BCUT2D eigenvalue weighted by Gasteiger charge is -2.33. The molecule has 0 atom stereocenters. The van der Waals surface area contributed by atoms with Gasteiger partial charge < -0.3 is 19.7 Å². The van der Waals surface area contributed by atoms with Gasteiger partial charge in [0.25, 0.3) is 0 Å². The molecule has 0 unspecified atom stereocenters. The minimum Gasteiger partial charge on any atom is -0.469 e. The normalized spacial score (nSPS) is 15.0. The molecule has 30 heavy (non-hydrogen) atoms. The summed E-state index contributed by atoms with van der Waals surface area (Å²) in [5, 5.41) is 3.32. The third-order valence-corrected chi connectivity index (χ3v) is 4.91. The number of guanidine groups is 1. The van der Waals surface area contributed by atoms with Crippen LogP contribution in [0.25, 0.3) is 0 Å². The topological polar surface area (TPSA) is 76.1 Å². The van der Waals surface area contributed by atoms with Gasteiger partial charge in [0.05, 0.1) is 19.6 Å². The smallest absolute Gasteiger partial charge is 0.308 e. The van der Waals surface area contributed by atoms with Crippen LogP contribution in [0.2, 0.25) is 0 Å². The van der Waals surface area contributed by atoms with E-state index in [4.69, 9.17) is 14.5 Å². The van der Waals surface area contributed by atoms with Crippen LogP contribution in [0.4, 0.5) is 4.39 Å². The molecule has 1 saturated heterocycles. The van der Waals surface area contributed by atoms with Gasteiger partial charge in [-0.1, -0.05) is 0 Å². The van der Waals surface area contributed by atoms with Crippen molar-refractivity contribution in [1.29, 1.82) is 0 Å². The second-order valence-corrected chi connectivity index (χ2v) is 7.01. The Kier molecular flexibility index (Phi) is 7.59. The zero-order chi connectivity index (χ0) is 21.3. The molecule has 0 amide bonds. The second kappa shape index (κ2) is 10.6. The highest BCUT2D eigenvalue weighted by atomic mass is 19.1. The van der Waals surface area contributed by atoms with Crippen molar-refractivity contribution in [3.05, 3.63) is 54.0 Å². The number of halogens is 1. The Morgan fingerprint density at radius 2 is 2.00 bits per heavy atom. The maximum atomic E-state index is 13.0. The van der Waals surface area contributed by atoms with Gasteiger partial charge in [0.15, 0.2) is 5.96 Å². The van der Waals surface area contributed by atoms with Crippen LogP contribution in [0, 0.1) is 11.7 Å². The molecule has 0 spiro atoms. The van der Waals surface area contributed by atoms with E-state index in [1.807, 2.05) is 19.1 Å². The van der Waals surface area contributed by atoms with Gasteiger partial charge in [-0.05, 0) is 55.7 Å². The lowest BCUT2D eigenvalue weighted by atomic mass is 9.97. The summed E-state index contributed by atoms with van der Waals surface area (Å²) in [4.78, 5) is 22.9. The number of aliphatic imine (C=N–C) groups is 1. The van der Waals surface area contributed by atoms with Crippen LogP contribution in [0.15, 0.2) is 47.6 Å². The van der Waals surface area contributed by atoms with Crippen LogP contribution in [-0.4, -0.2) is 48.6 Å². The number of aromatic nitrogens is 1. The van der Waals surface area contributed by atoms with E-state index in [1.165, 1.54) is 19.2 Å². The molecule has 1 aromatic heterocycles. The highest BCUT2D eigenvalue weighted by Crippen LogP contribution is 2.21. The lowest BCUT2D eigenvalue weighted by Crippen LogP contribution is -2.46. The molecule has 0 saturated carbocycles. The van der Waals surface area contributed by atoms with E-state index in [0.717, 1.165) is 44.0 Å². The molecule has 1 aliphatic heterocycles. The lowest BCUT2D eigenvalue weighted by molar-refractivity contribution is -0.146. The van der Waals surface area contributed by atoms with E-state index >= 15 is 0 Å². The minimum atomic E-state index is -0.315. The summed E-state index contributed by atoms with van der Waals surface area (Å²) in [6.07, 6.45) is 3.17. The number of carbonyl (C=O) groups is 1.